The molecule has 8 heteroatoms. The smallest absolute Gasteiger partial charge is 0.224 e. The molecule has 1 amide bonds. The molecule has 0 bridgehead atoms. The first kappa shape index (κ1) is 20.8. The lowest BCUT2D eigenvalue weighted by Crippen LogP contribution is -2.13. The summed E-state index contributed by atoms with van der Waals surface area (Å²) in [6, 6.07) is 19.9. The summed E-state index contributed by atoms with van der Waals surface area (Å²) in [5.74, 6) is -0.121. The van der Waals surface area contributed by atoms with Gasteiger partial charge in [-0.3, -0.25) is 9.78 Å². The fourth-order valence-corrected chi connectivity index (χ4v) is 4.69. The SMILES string of the molecule is Nc1ccc(-c2cccnc2)cc1NC(=O)CCc1cn(Cc2cc3ccccc3s2)nn1. The Bertz CT molecular complexity index is 1380. The number of nitrogens with zero attached hydrogens (tertiary/aromatic N) is 4. The number of pyridine rings is 1. The highest BCUT2D eigenvalue weighted by Gasteiger charge is 2.10. The first-order chi connectivity index (χ1) is 16.1. The van der Waals surface area contributed by atoms with Gasteiger partial charge in [0.15, 0.2) is 0 Å². The van der Waals surface area contributed by atoms with Crippen LogP contribution in [-0.4, -0.2) is 25.9 Å². The Morgan fingerprint density at radius 3 is 2.82 bits per heavy atom. The predicted octanol–water partition coefficient (Wildman–Crippen LogP) is 4.76. The van der Waals surface area contributed by atoms with E-state index in [2.05, 4.69) is 38.8 Å². The summed E-state index contributed by atoms with van der Waals surface area (Å²) >= 11 is 1.75. The van der Waals surface area contributed by atoms with Crippen LogP contribution in [0.3, 0.4) is 0 Å². The number of amides is 1. The number of fused-ring (bicyclic) bond motifs is 1. The summed E-state index contributed by atoms with van der Waals surface area (Å²) in [5.41, 5.74) is 9.87. The number of nitrogens with one attached hydrogen (secondary N) is 1. The van der Waals surface area contributed by atoms with Gasteiger partial charge >= 0.3 is 0 Å². The van der Waals surface area contributed by atoms with Crippen LogP contribution < -0.4 is 11.1 Å². The summed E-state index contributed by atoms with van der Waals surface area (Å²) in [7, 11) is 0. The Balaban J connectivity index is 1.19. The van der Waals surface area contributed by atoms with Crippen LogP contribution in [0.5, 0.6) is 0 Å². The van der Waals surface area contributed by atoms with E-state index in [0.29, 0.717) is 24.3 Å². The van der Waals surface area contributed by atoms with Crippen molar-refractivity contribution in [2.45, 2.75) is 19.4 Å². The molecule has 0 atom stereocenters. The maximum Gasteiger partial charge on any atom is 0.224 e. The van der Waals surface area contributed by atoms with Crippen molar-refractivity contribution in [3.05, 3.63) is 89.8 Å². The first-order valence-corrected chi connectivity index (χ1v) is 11.4. The average molecular weight is 455 g/mol. The molecule has 0 unspecified atom stereocenters. The number of hydrogen-bond donors (Lipinski definition) is 2. The molecule has 0 saturated carbocycles. The Kier molecular flexibility index (Phi) is 5.82. The molecule has 0 aliphatic carbocycles. The number of nitrogen functional groups attached to an aromatic ring is 1. The Morgan fingerprint density at radius 2 is 1.97 bits per heavy atom. The van der Waals surface area contributed by atoms with Gasteiger partial charge in [-0.1, -0.05) is 35.5 Å². The van der Waals surface area contributed by atoms with Crippen LogP contribution in [0.1, 0.15) is 17.0 Å². The second kappa shape index (κ2) is 9.22. The molecule has 0 aliphatic rings. The van der Waals surface area contributed by atoms with Crippen molar-refractivity contribution in [2.24, 2.45) is 0 Å². The summed E-state index contributed by atoms with van der Waals surface area (Å²) in [6.45, 7) is 0.663. The highest BCUT2D eigenvalue weighted by Crippen LogP contribution is 2.27. The van der Waals surface area contributed by atoms with Crippen molar-refractivity contribution in [1.29, 1.82) is 0 Å². The van der Waals surface area contributed by atoms with Crippen molar-refractivity contribution in [3.8, 4) is 11.1 Å². The van der Waals surface area contributed by atoms with Gasteiger partial charge in [-0.05, 0) is 41.3 Å². The van der Waals surface area contributed by atoms with Gasteiger partial charge in [0.1, 0.15) is 0 Å². The van der Waals surface area contributed by atoms with Crippen molar-refractivity contribution in [3.63, 3.8) is 0 Å². The number of rotatable bonds is 7. The molecule has 5 aromatic rings. The molecular weight excluding hydrogens is 432 g/mol. The number of carbonyl (C=O) groups is 1. The third-order valence-electron chi connectivity index (χ3n) is 5.31. The summed E-state index contributed by atoms with van der Waals surface area (Å²) in [6.07, 6.45) is 6.19. The standard InChI is InChI=1S/C25H22N6OS/c26-22-9-7-17(19-5-3-11-27-14-19)13-23(22)28-25(32)10-8-20-15-31(30-29-20)16-21-12-18-4-1-2-6-24(18)33-21/h1-7,9,11-15H,8,10,16,26H2,(H,28,32). The molecule has 3 N–H and O–H groups in total. The van der Waals surface area contributed by atoms with Crippen molar-refractivity contribution in [1.82, 2.24) is 20.0 Å². The Labute approximate surface area is 194 Å². The molecule has 5 rings (SSSR count). The van der Waals surface area contributed by atoms with Gasteiger partial charge in [0.05, 0.1) is 23.6 Å². The average Bonchev–Trinajstić information content (AvgIpc) is 3.46. The van der Waals surface area contributed by atoms with E-state index in [9.17, 15) is 4.79 Å². The van der Waals surface area contributed by atoms with Gasteiger partial charge in [0.2, 0.25) is 5.91 Å². The van der Waals surface area contributed by atoms with E-state index >= 15 is 0 Å². The van der Waals surface area contributed by atoms with Crippen LogP contribution in [-0.2, 0) is 17.8 Å². The molecule has 3 aromatic heterocycles. The second-order valence-electron chi connectivity index (χ2n) is 7.75. The second-order valence-corrected chi connectivity index (χ2v) is 8.92. The fourth-order valence-electron chi connectivity index (χ4n) is 3.64. The van der Waals surface area contributed by atoms with Gasteiger partial charge in [0, 0.05) is 46.6 Å². The van der Waals surface area contributed by atoms with Crippen LogP contribution in [0, 0.1) is 0 Å². The van der Waals surface area contributed by atoms with Gasteiger partial charge in [-0.25, -0.2) is 4.68 Å². The maximum atomic E-state index is 12.6. The van der Waals surface area contributed by atoms with E-state index in [1.807, 2.05) is 47.3 Å². The molecule has 2 aromatic carbocycles. The Hall–Kier alpha value is -4.04. The number of thiophene rings is 1. The van der Waals surface area contributed by atoms with Crippen LogP contribution in [0.15, 0.2) is 79.3 Å². The Morgan fingerprint density at radius 1 is 1.06 bits per heavy atom. The van der Waals surface area contributed by atoms with Crippen LogP contribution in [0.4, 0.5) is 11.4 Å². The predicted molar refractivity (Wildman–Crippen MR) is 132 cm³/mol. The molecule has 0 spiro atoms. The molecule has 7 nitrogen and oxygen atoms in total. The third kappa shape index (κ3) is 4.91. The first-order valence-electron chi connectivity index (χ1n) is 10.6. The lowest BCUT2D eigenvalue weighted by Gasteiger charge is -2.10. The molecule has 3 heterocycles. The summed E-state index contributed by atoms with van der Waals surface area (Å²) < 4.78 is 3.07. The monoisotopic (exact) mass is 454 g/mol. The minimum Gasteiger partial charge on any atom is -0.397 e. The van der Waals surface area contributed by atoms with E-state index in [1.54, 1.807) is 29.8 Å². The number of aromatic nitrogens is 4. The minimum atomic E-state index is -0.121. The fraction of sp³-hybridized carbons (Fsp3) is 0.120. The number of anilines is 2. The molecule has 0 aliphatic heterocycles. The number of carbonyl (C=O) groups excluding carboxylic acids is 1. The third-order valence-corrected chi connectivity index (χ3v) is 6.41. The van der Waals surface area contributed by atoms with E-state index in [1.165, 1.54) is 15.0 Å². The lowest BCUT2D eigenvalue weighted by molar-refractivity contribution is -0.116. The maximum absolute atomic E-state index is 12.6. The summed E-state index contributed by atoms with van der Waals surface area (Å²) in [4.78, 5) is 17.9. The number of aryl methyl sites for hydroxylation is 1. The topological polar surface area (TPSA) is 98.7 Å². The minimum absolute atomic E-state index is 0.121. The van der Waals surface area contributed by atoms with Crippen LogP contribution in [0.25, 0.3) is 21.2 Å². The van der Waals surface area contributed by atoms with Crippen molar-refractivity contribution < 1.29 is 4.79 Å². The number of nitrogens with two attached hydrogens (primary N) is 1. The zero-order chi connectivity index (χ0) is 22.6. The number of hydrogen-bond acceptors (Lipinski definition) is 6. The highest BCUT2D eigenvalue weighted by atomic mass is 32.1. The zero-order valence-corrected chi connectivity index (χ0v) is 18.6. The largest absolute Gasteiger partial charge is 0.397 e. The molecule has 0 saturated heterocycles. The number of benzene rings is 2. The quantitative estimate of drug-likeness (QED) is 0.346. The zero-order valence-electron chi connectivity index (χ0n) is 17.8. The summed E-state index contributed by atoms with van der Waals surface area (Å²) in [5, 5.41) is 12.6. The molecule has 33 heavy (non-hydrogen) atoms. The van der Waals surface area contributed by atoms with Gasteiger partial charge < -0.3 is 11.1 Å². The van der Waals surface area contributed by atoms with Crippen LogP contribution >= 0.6 is 11.3 Å². The molecule has 164 valence electrons. The van der Waals surface area contributed by atoms with Crippen molar-refractivity contribution >= 4 is 38.7 Å². The van der Waals surface area contributed by atoms with Gasteiger partial charge in [0.25, 0.3) is 0 Å². The molecular formula is C25H22N6OS. The molecule has 0 radical (unpaired) electrons. The van der Waals surface area contributed by atoms with E-state index in [-0.39, 0.29) is 12.3 Å². The normalized spacial score (nSPS) is 11.0. The lowest BCUT2D eigenvalue weighted by atomic mass is 10.1. The van der Waals surface area contributed by atoms with E-state index in [0.717, 1.165) is 16.8 Å². The highest BCUT2D eigenvalue weighted by molar-refractivity contribution is 7.19. The van der Waals surface area contributed by atoms with Crippen molar-refractivity contribution in [2.75, 3.05) is 11.1 Å². The van der Waals surface area contributed by atoms with Crippen LogP contribution in [0.2, 0.25) is 0 Å². The van der Waals surface area contributed by atoms with Gasteiger partial charge in [-0.15, -0.1) is 16.4 Å². The van der Waals surface area contributed by atoms with E-state index < -0.39 is 0 Å². The van der Waals surface area contributed by atoms with Gasteiger partial charge in [-0.2, -0.15) is 0 Å². The van der Waals surface area contributed by atoms with E-state index in [4.69, 9.17) is 5.73 Å². The molecule has 0 fully saturated rings.